The fourth-order valence-corrected chi connectivity index (χ4v) is 7.74. The van der Waals surface area contributed by atoms with Crippen LogP contribution in [0.15, 0.2) is 192 Å². The van der Waals surface area contributed by atoms with Crippen LogP contribution in [0.1, 0.15) is 0 Å². The zero-order chi connectivity index (χ0) is 33.0. The maximum Gasteiger partial charge on any atom is 0.143 e. The van der Waals surface area contributed by atoms with Gasteiger partial charge in [0.15, 0.2) is 0 Å². The zero-order valence-corrected chi connectivity index (χ0v) is 27.3. The van der Waals surface area contributed by atoms with E-state index >= 15 is 0 Å². The third-order valence-corrected chi connectivity index (χ3v) is 10.0. The molecule has 10 aromatic rings. The summed E-state index contributed by atoms with van der Waals surface area (Å²) in [7, 11) is 0. The van der Waals surface area contributed by atoms with Crippen LogP contribution in [-0.2, 0) is 0 Å². The van der Waals surface area contributed by atoms with E-state index in [1.807, 2.05) is 6.07 Å². The summed E-state index contributed by atoms with van der Waals surface area (Å²) >= 11 is 0. The summed E-state index contributed by atoms with van der Waals surface area (Å²) in [5.74, 6) is 0. The van der Waals surface area contributed by atoms with Crippen LogP contribution in [0.25, 0.3) is 76.5 Å². The van der Waals surface area contributed by atoms with Crippen molar-refractivity contribution in [3.05, 3.63) is 188 Å². The first-order valence-electron chi connectivity index (χ1n) is 17.1. The smallest absolute Gasteiger partial charge is 0.143 e. The van der Waals surface area contributed by atoms with Gasteiger partial charge in [-0.2, -0.15) is 0 Å². The van der Waals surface area contributed by atoms with Gasteiger partial charge in [-0.05, 0) is 74.6 Å². The summed E-state index contributed by atoms with van der Waals surface area (Å²) in [5, 5.41) is 9.50. The summed E-state index contributed by atoms with van der Waals surface area (Å²) in [4.78, 5) is 2.43. The van der Waals surface area contributed by atoms with Crippen LogP contribution in [0.4, 0.5) is 17.1 Å². The van der Waals surface area contributed by atoms with Crippen LogP contribution in [0, 0.1) is 0 Å². The number of rotatable bonds is 5. The maximum absolute atomic E-state index is 6.53. The van der Waals surface area contributed by atoms with E-state index in [0.29, 0.717) is 0 Å². The van der Waals surface area contributed by atoms with E-state index in [0.717, 1.165) is 50.0 Å². The van der Waals surface area contributed by atoms with Crippen LogP contribution >= 0.6 is 0 Å². The Bertz CT molecular complexity index is 2870. The molecular formula is C48H31NO. The number of furan rings is 1. The first kappa shape index (κ1) is 28.4. The van der Waals surface area contributed by atoms with Crippen LogP contribution in [0.2, 0.25) is 0 Å². The standard InChI is InChI=1S/C48H31NO/c1-2-14-32(15-3-1)38-19-10-12-24-44(38)49(45-31-35-17-4-6-18-37(35)40-21-8-9-22-41(40)45)36-28-26-33(27-29-36)43-30-34-16-5-7-20-39(34)48-47(43)42-23-11-13-25-46(42)50-48/h1-31H. The molecule has 0 saturated carbocycles. The number of nitrogens with zero attached hydrogens (tertiary/aromatic N) is 1. The van der Waals surface area contributed by atoms with Crippen molar-refractivity contribution >= 4 is 71.3 Å². The maximum atomic E-state index is 6.53. The molecule has 0 unspecified atom stereocenters. The summed E-state index contributed by atoms with van der Waals surface area (Å²) in [6, 6.07) is 67.5. The lowest BCUT2D eigenvalue weighted by atomic mass is 9.94. The van der Waals surface area contributed by atoms with Crippen molar-refractivity contribution in [2.24, 2.45) is 0 Å². The highest BCUT2D eigenvalue weighted by Gasteiger charge is 2.21. The molecule has 0 spiro atoms. The number of fused-ring (bicyclic) bond motifs is 8. The second-order valence-electron chi connectivity index (χ2n) is 12.9. The topological polar surface area (TPSA) is 16.4 Å². The summed E-state index contributed by atoms with van der Waals surface area (Å²) in [6.07, 6.45) is 0. The van der Waals surface area contributed by atoms with Crippen LogP contribution < -0.4 is 4.90 Å². The minimum absolute atomic E-state index is 0.906. The lowest BCUT2D eigenvalue weighted by Crippen LogP contribution is -2.12. The van der Waals surface area contributed by atoms with Crippen LogP contribution in [0.3, 0.4) is 0 Å². The Labute approximate surface area is 290 Å². The summed E-state index contributed by atoms with van der Waals surface area (Å²) in [5.41, 5.74) is 9.87. The molecule has 0 aliphatic rings. The van der Waals surface area contributed by atoms with Gasteiger partial charge in [-0.15, -0.1) is 0 Å². The third-order valence-electron chi connectivity index (χ3n) is 10.0. The van der Waals surface area contributed by atoms with Crippen molar-refractivity contribution in [1.29, 1.82) is 0 Å². The van der Waals surface area contributed by atoms with Gasteiger partial charge in [-0.3, -0.25) is 0 Å². The average molecular weight is 638 g/mol. The van der Waals surface area contributed by atoms with E-state index < -0.39 is 0 Å². The number of para-hydroxylation sites is 2. The molecule has 2 nitrogen and oxygen atoms in total. The first-order valence-corrected chi connectivity index (χ1v) is 17.1. The predicted molar refractivity (Wildman–Crippen MR) is 212 cm³/mol. The summed E-state index contributed by atoms with van der Waals surface area (Å²) in [6.45, 7) is 0. The van der Waals surface area contributed by atoms with E-state index in [-0.39, 0.29) is 0 Å². The fraction of sp³-hybridized carbons (Fsp3) is 0. The molecule has 10 rings (SSSR count). The normalized spacial score (nSPS) is 11.6. The second-order valence-corrected chi connectivity index (χ2v) is 12.9. The SMILES string of the molecule is c1ccc(-c2ccccc2N(c2ccc(-c3cc4ccccc4c4oc5ccccc5c34)cc2)c2cc3ccccc3c3ccccc23)cc1. The highest BCUT2D eigenvalue weighted by atomic mass is 16.3. The molecule has 0 amide bonds. The zero-order valence-electron chi connectivity index (χ0n) is 27.3. The highest BCUT2D eigenvalue weighted by molar-refractivity contribution is 6.21. The minimum atomic E-state index is 0.906. The molecule has 1 heterocycles. The Morgan fingerprint density at radius 3 is 1.74 bits per heavy atom. The van der Waals surface area contributed by atoms with Crippen molar-refractivity contribution in [3.63, 3.8) is 0 Å². The van der Waals surface area contributed by atoms with Gasteiger partial charge >= 0.3 is 0 Å². The van der Waals surface area contributed by atoms with Gasteiger partial charge in [0.2, 0.25) is 0 Å². The van der Waals surface area contributed by atoms with Gasteiger partial charge in [-0.1, -0.05) is 152 Å². The Morgan fingerprint density at radius 2 is 0.940 bits per heavy atom. The molecule has 50 heavy (non-hydrogen) atoms. The number of hydrogen-bond acceptors (Lipinski definition) is 2. The second kappa shape index (κ2) is 11.5. The Hall–Kier alpha value is -6.64. The Kier molecular flexibility index (Phi) is 6.53. The van der Waals surface area contributed by atoms with Gasteiger partial charge in [-0.25, -0.2) is 0 Å². The molecule has 0 atom stereocenters. The molecule has 0 fully saturated rings. The number of anilines is 3. The quantitative estimate of drug-likeness (QED) is 0.175. The van der Waals surface area contributed by atoms with E-state index in [1.54, 1.807) is 0 Å². The van der Waals surface area contributed by atoms with E-state index in [9.17, 15) is 0 Å². The van der Waals surface area contributed by atoms with Gasteiger partial charge in [0.1, 0.15) is 11.2 Å². The van der Waals surface area contributed by atoms with E-state index in [2.05, 4.69) is 187 Å². The van der Waals surface area contributed by atoms with E-state index in [1.165, 1.54) is 43.6 Å². The van der Waals surface area contributed by atoms with Crippen molar-refractivity contribution in [3.8, 4) is 22.3 Å². The predicted octanol–water partition coefficient (Wildman–Crippen LogP) is 13.8. The molecule has 0 bridgehead atoms. The summed E-state index contributed by atoms with van der Waals surface area (Å²) < 4.78 is 6.53. The Balaban J connectivity index is 1.22. The molecule has 0 radical (unpaired) electrons. The number of benzene rings is 9. The van der Waals surface area contributed by atoms with E-state index in [4.69, 9.17) is 4.42 Å². The fourth-order valence-electron chi connectivity index (χ4n) is 7.74. The molecular weight excluding hydrogens is 607 g/mol. The van der Waals surface area contributed by atoms with Gasteiger partial charge in [0, 0.05) is 32.8 Å². The molecule has 0 N–H and O–H groups in total. The van der Waals surface area contributed by atoms with Crippen LogP contribution in [0.5, 0.6) is 0 Å². The number of hydrogen-bond donors (Lipinski definition) is 0. The van der Waals surface area contributed by atoms with Crippen molar-refractivity contribution < 1.29 is 4.42 Å². The monoisotopic (exact) mass is 637 g/mol. The lowest BCUT2D eigenvalue weighted by Gasteiger charge is -2.29. The molecule has 1 aromatic heterocycles. The molecule has 0 saturated heterocycles. The largest absolute Gasteiger partial charge is 0.455 e. The molecule has 0 aliphatic carbocycles. The van der Waals surface area contributed by atoms with Crippen molar-refractivity contribution in [2.75, 3.05) is 4.90 Å². The first-order chi connectivity index (χ1) is 24.8. The highest BCUT2D eigenvalue weighted by Crippen LogP contribution is 2.46. The van der Waals surface area contributed by atoms with Crippen molar-refractivity contribution in [1.82, 2.24) is 0 Å². The lowest BCUT2D eigenvalue weighted by molar-refractivity contribution is 0.673. The van der Waals surface area contributed by atoms with Gasteiger partial charge in [0.25, 0.3) is 0 Å². The molecule has 234 valence electrons. The van der Waals surface area contributed by atoms with Gasteiger partial charge < -0.3 is 9.32 Å². The van der Waals surface area contributed by atoms with Crippen molar-refractivity contribution in [2.45, 2.75) is 0 Å². The Morgan fingerprint density at radius 1 is 0.360 bits per heavy atom. The molecule has 0 aliphatic heterocycles. The van der Waals surface area contributed by atoms with Crippen LogP contribution in [-0.4, -0.2) is 0 Å². The van der Waals surface area contributed by atoms with Gasteiger partial charge in [0.05, 0.1) is 11.4 Å². The average Bonchev–Trinajstić information content (AvgIpc) is 3.59. The third kappa shape index (κ3) is 4.50. The molecule has 2 heteroatoms. The minimum Gasteiger partial charge on any atom is -0.455 e. The molecule has 9 aromatic carbocycles.